The van der Waals surface area contributed by atoms with Crippen LogP contribution in [0.2, 0.25) is 0 Å². The number of sulfonamides is 1. The lowest BCUT2D eigenvalue weighted by Gasteiger charge is -2.33. The normalized spacial score (nSPS) is 16.8. The van der Waals surface area contributed by atoms with Crippen LogP contribution in [0, 0.1) is 0 Å². The Labute approximate surface area is 156 Å². The fraction of sp³-hybridized carbons (Fsp3) is 0.278. The molecule has 3 heterocycles. The van der Waals surface area contributed by atoms with Crippen LogP contribution in [-0.2, 0) is 16.6 Å². The first-order valence-electron chi connectivity index (χ1n) is 8.40. The van der Waals surface area contributed by atoms with Crippen LogP contribution in [0.15, 0.2) is 63.3 Å². The predicted octanol–water partition coefficient (Wildman–Crippen LogP) is 2.91. The van der Waals surface area contributed by atoms with Crippen LogP contribution in [0.3, 0.4) is 0 Å². The average molecular weight is 390 g/mol. The highest BCUT2D eigenvalue weighted by Crippen LogP contribution is 2.26. The van der Waals surface area contributed by atoms with Gasteiger partial charge in [0.05, 0.1) is 15.5 Å². The fourth-order valence-electron chi connectivity index (χ4n) is 3.02. The largest absolute Gasteiger partial charge is 0.355 e. The summed E-state index contributed by atoms with van der Waals surface area (Å²) in [4.78, 5) is 3.61. The van der Waals surface area contributed by atoms with Gasteiger partial charge in [-0.1, -0.05) is 29.4 Å². The molecule has 1 aliphatic heterocycles. The number of nitrogens with zero attached hydrogens (tertiary/aromatic N) is 3. The van der Waals surface area contributed by atoms with Crippen molar-refractivity contribution in [1.82, 2.24) is 14.4 Å². The Bertz CT molecular complexity index is 945. The minimum atomic E-state index is -3.41. The Hall–Kier alpha value is -2.00. The van der Waals surface area contributed by atoms with Crippen molar-refractivity contribution < 1.29 is 12.9 Å². The molecule has 6 nitrogen and oxygen atoms in total. The molecule has 3 aromatic rings. The van der Waals surface area contributed by atoms with Gasteiger partial charge < -0.3 is 4.52 Å². The third-order valence-corrected chi connectivity index (χ3v) is 7.22. The number of hydrogen-bond donors (Lipinski definition) is 0. The van der Waals surface area contributed by atoms with Crippen LogP contribution in [0.5, 0.6) is 0 Å². The van der Waals surface area contributed by atoms with Gasteiger partial charge in [-0.25, -0.2) is 8.42 Å². The molecule has 0 saturated carbocycles. The SMILES string of the molecule is O=S(=O)(c1ccccc1)N1CCN(Cc2cc(-c3cccs3)on2)CC1. The van der Waals surface area contributed by atoms with Crippen molar-refractivity contribution in [3.8, 4) is 10.6 Å². The quantitative estimate of drug-likeness (QED) is 0.671. The summed E-state index contributed by atoms with van der Waals surface area (Å²) in [5.41, 5.74) is 0.868. The highest BCUT2D eigenvalue weighted by atomic mass is 32.2. The second-order valence-electron chi connectivity index (χ2n) is 6.15. The van der Waals surface area contributed by atoms with Gasteiger partial charge in [0.1, 0.15) is 0 Å². The summed E-state index contributed by atoms with van der Waals surface area (Å²) >= 11 is 1.62. The van der Waals surface area contributed by atoms with E-state index in [9.17, 15) is 8.42 Å². The summed E-state index contributed by atoms with van der Waals surface area (Å²) in [7, 11) is -3.41. The summed E-state index contributed by atoms with van der Waals surface area (Å²) in [5, 5.41) is 6.14. The molecule has 1 aliphatic rings. The van der Waals surface area contributed by atoms with Crippen molar-refractivity contribution in [2.24, 2.45) is 0 Å². The van der Waals surface area contributed by atoms with Gasteiger partial charge in [0, 0.05) is 38.8 Å². The zero-order chi connectivity index (χ0) is 18.0. The predicted molar refractivity (Wildman–Crippen MR) is 100 cm³/mol. The maximum Gasteiger partial charge on any atom is 0.243 e. The molecule has 0 aliphatic carbocycles. The Morgan fingerprint density at radius 2 is 1.81 bits per heavy atom. The lowest BCUT2D eigenvalue weighted by molar-refractivity contribution is 0.178. The van der Waals surface area contributed by atoms with E-state index in [4.69, 9.17) is 4.52 Å². The van der Waals surface area contributed by atoms with Crippen molar-refractivity contribution >= 4 is 21.4 Å². The minimum absolute atomic E-state index is 0.352. The van der Waals surface area contributed by atoms with Crippen LogP contribution in [0.4, 0.5) is 0 Å². The molecule has 0 amide bonds. The van der Waals surface area contributed by atoms with Gasteiger partial charge in [-0.3, -0.25) is 4.90 Å². The molecule has 26 heavy (non-hydrogen) atoms. The molecule has 0 bridgehead atoms. The Morgan fingerprint density at radius 1 is 1.04 bits per heavy atom. The van der Waals surface area contributed by atoms with Gasteiger partial charge in [0.2, 0.25) is 10.0 Å². The van der Waals surface area contributed by atoms with Crippen LogP contribution < -0.4 is 0 Å². The van der Waals surface area contributed by atoms with E-state index in [0.717, 1.165) is 16.3 Å². The first-order chi connectivity index (χ1) is 12.6. The summed E-state index contributed by atoms with van der Waals surface area (Å²) in [5.74, 6) is 0.778. The molecule has 0 radical (unpaired) electrons. The molecule has 136 valence electrons. The molecule has 4 rings (SSSR count). The molecule has 0 N–H and O–H groups in total. The van der Waals surface area contributed by atoms with Crippen molar-refractivity contribution in [3.63, 3.8) is 0 Å². The molecule has 1 aromatic carbocycles. The highest BCUT2D eigenvalue weighted by Gasteiger charge is 2.28. The van der Waals surface area contributed by atoms with Gasteiger partial charge in [-0.2, -0.15) is 4.31 Å². The molecular weight excluding hydrogens is 370 g/mol. The summed E-state index contributed by atoms with van der Waals surface area (Å²) in [6.07, 6.45) is 0. The van der Waals surface area contributed by atoms with Gasteiger partial charge in [0.15, 0.2) is 5.76 Å². The number of thiophene rings is 1. The molecule has 1 fully saturated rings. The first-order valence-corrected chi connectivity index (χ1v) is 10.7. The van der Waals surface area contributed by atoms with Crippen molar-refractivity contribution in [2.45, 2.75) is 11.4 Å². The van der Waals surface area contributed by atoms with Crippen LogP contribution >= 0.6 is 11.3 Å². The van der Waals surface area contributed by atoms with Crippen molar-refractivity contribution in [3.05, 3.63) is 59.6 Å². The van der Waals surface area contributed by atoms with Gasteiger partial charge >= 0.3 is 0 Å². The zero-order valence-electron chi connectivity index (χ0n) is 14.1. The third-order valence-electron chi connectivity index (χ3n) is 4.42. The standard InChI is InChI=1S/C18H19N3O3S2/c22-26(23,16-5-2-1-3-6-16)21-10-8-20(9-11-21)14-15-13-17(24-19-15)18-7-4-12-25-18/h1-7,12-13H,8-11,14H2. The Morgan fingerprint density at radius 3 is 2.50 bits per heavy atom. The lowest BCUT2D eigenvalue weighted by atomic mass is 10.3. The monoisotopic (exact) mass is 389 g/mol. The zero-order valence-corrected chi connectivity index (χ0v) is 15.7. The molecule has 2 aromatic heterocycles. The van der Waals surface area contributed by atoms with Gasteiger partial charge in [-0.15, -0.1) is 11.3 Å². The smallest absolute Gasteiger partial charge is 0.243 e. The van der Waals surface area contributed by atoms with E-state index >= 15 is 0 Å². The topological polar surface area (TPSA) is 66.7 Å². The first kappa shape index (κ1) is 17.4. The molecular formula is C18H19N3O3S2. The van der Waals surface area contributed by atoms with Gasteiger partial charge in [-0.05, 0) is 23.6 Å². The van der Waals surface area contributed by atoms with E-state index in [1.165, 1.54) is 0 Å². The summed E-state index contributed by atoms with van der Waals surface area (Å²) in [6.45, 7) is 2.97. The van der Waals surface area contributed by atoms with Gasteiger partial charge in [0.25, 0.3) is 0 Å². The van der Waals surface area contributed by atoms with E-state index < -0.39 is 10.0 Å². The van der Waals surface area contributed by atoms with E-state index in [1.54, 1.807) is 39.9 Å². The summed E-state index contributed by atoms with van der Waals surface area (Å²) in [6, 6.07) is 14.5. The number of aromatic nitrogens is 1. The van der Waals surface area contributed by atoms with E-state index in [2.05, 4.69) is 10.1 Å². The minimum Gasteiger partial charge on any atom is -0.355 e. The molecule has 8 heteroatoms. The van der Waals surface area contributed by atoms with Crippen molar-refractivity contribution in [2.75, 3.05) is 26.2 Å². The highest BCUT2D eigenvalue weighted by molar-refractivity contribution is 7.89. The number of rotatable bonds is 5. The number of benzene rings is 1. The summed E-state index contributed by atoms with van der Waals surface area (Å²) < 4.78 is 32.3. The number of hydrogen-bond acceptors (Lipinski definition) is 6. The van der Waals surface area contributed by atoms with E-state index in [1.807, 2.05) is 29.6 Å². The maximum absolute atomic E-state index is 12.7. The average Bonchev–Trinajstić information content (AvgIpc) is 3.34. The molecule has 1 saturated heterocycles. The lowest BCUT2D eigenvalue weighted by Crippen LogP contribution is -2.48. The Balaban J connectivity index is 1.37. The third kappa shape index (κ3) is 3.59. The van der Waals surface area contributed by atoms with Crippen LogP contribution in [0.1, 0.15) is 5.69 Å². The second kappa shape index (κ2) is 7.32. The number of piperazine rings is 1. The maximum atomic E-state index is 12.7. The fourth-order valence-corrected chi connectivity index (χ4v) is 5.14. The molecule has 0 unspecified atom stereocenters. The van der Waals surface area contributed by atoms with E-state index in [-0.39, 0.29) is 0 Å². The van der Waals surface area contributed by atoms with Crippen molar-refractivity contribution in [1.29, 1.82) is 0 Å². The molecule has 0 spiro atoms. The second-order valence-corrected chi connectivity index (χ2v) is 9.04. The Kier molecular flexibility index (Phi) is 4.90. The van der Waals surface area contributed by atoms with Crippen LogP contribution in [-0.4, -0.2) is 49.0 Å². The molecule has 0 atom stereocenters. The van der Waals surface area contributed by atoms with E-state index in [0.29, 0.717) is 37.6 Å². The van der Waals surface area contributed by atoms with Crippen LogP contribution in [0.25, 0.3) is 10.6 Å².